The summed E-state index contributed by atoms with van der Waals surface area (Å²) in [4.78, 5) is 14.6. The van der Waals surface area contributed by atoms with Gasteiger partial charge in [-0.3, -0.25) is 4.79 Å². The average molecular weight is 238 g/mol. The van der Waals surface area contributed by atoms with Gasteiger partial charge in [-0.15, -0.1) is 0 Å². The van der Waals surface area contributed by atoms with Crippen LogP contribution in [-0.4, -0.2) is 29.9 Å². The molecule has 2 aliphatic rings. The zero-order valence-corrected chi connectivity index (χ0v) is 11.2. The maximum Gasteiger partial charge on any atom is 0.226 e. The van der Waals surface area contributed by atoms with Crippen LogP contribution in [0.1, 0.15) is 46.0 Å². The van der Waals surface area contributed by atoms with Crippen LogP contribution in [0.2, 0.25) is 0 Å². The smallest absolute Gasteiger partial charge is 0.226 e. The SMILES string of the molecule is CCC(CC)N(CCN)C(=O)C1C2CCCC21. The Hall–Kier alpha value is -0.570. The lowest BCUT2D eigenvalue weighted by Gasteiger charge is -2.31. The van der Waals surface area contributed by atoms with E-state index in [9.17, 15) is 4.79 Å². The molecule has 0 saturated heterocycles. The molecule has 0 aliphatic heterocycles. The molecular formula is C14H26N2O. The first-order valence-electron chi connectivity index (χ1n) is 7.25. The van der Waals surface area contributed by atoms with Gasteiger partial charge in [0.05, 0.1) is 0 Å². The predicted molar refractivity (Wildman–Crippen MR) is 69.5 cm³/mol. The minimum Gasteiger partial charge on any atom is -0.338 e. The number of rotatable bonds is 6. The van der Waals surface area contributed by atoms with Gasteiger partial charge in [0.1, 0.15) is 0 Å². The molecular weight excluding hydrogens is 212 g/mol. The highest BCUT2D eigenvalue weighted by Crippen LogP contribution is 2.58. The highest BCUT2D eigenvalue weighted by atomic mass is 16.2. The van der Waals surface area contributed by atoms with E-state index in [4.69, 9.17) is 5.73 Å². The Morgan fingerprint density at radius 3 is 2.35 bits per heavy atom. The molecule has 2 rings (SSSR count). The number of nitrogens with zero attached hydrogens (tertiary/aromatic N) is 1. The number of amides is 1. The normalized spacial score (nSPS) is 30.5. The Morgan fingerprint density at radius 1 is 1.29 bits per heavy atom. The lowest BCUT2D eigenvalue weighted by molar-refractivity contribution is -0.135. The first kappa shape index (κ1) is 12.9. The van der Waals surface area contributed by atoms with Crippen molar-refractivity contribution in [2.75, 3.05) is 13.1 Å². The van der Waals surface area contributed by atoms with Crippen molar-refractivity contribution in [3.8, 4) is 0 Å². The number of nitrogens with two attached hydrogens (primary N) is 1. The van der Waals surface area contributed by atoms with Crippen molar-refractivity contribution >= 4 is 5.91 Å². The fraction of sp³-hybridized carbons (Fsp3) is 0.929. The summed E-state index contributed by atoms with van der Waals surface area (Å²) in [6, 6.07) is 0.396. The molecule has 0 radical (unpaired) electrons. The monoisotopic (exact) mass is 238 g/mol. The molecule has 2 aliphatic carbocycles. The molecule has 0 bridgehead atoms. The highest BCUT2D eigenvalue weighted by molar-refractivity contribution is 5.83. The molecule has 3 nitrogen and oxygen atoms in total. The topological polar surface area (TPSA) is 46.3 Å². The van der Waals surface area contributed by atoms with E-state index < -0.39 is 0 Å². The molecule has 2 fully saturated rings. The van der Waals surface area contributed by atoms with Crippen LogP contribution in [0.5, 0.6) is 0 Å². The largest absolute Gasteiger partial charge is 0.338 e. The van der Waals surface area contributed by atoms with Crippen LogP contribution in [0, 0.1) is 17.8 Å². The van der Waals surface area contributed by atoms with Crippen LogP contribution in [0.15, 0.2) is 0 Å². The minimum absolute atomic E-state index is 0.357. The van der Waals surface area contributed by atoms with Gasteiger partial charge in [0.25, 0.3) is 0 Å². The van der Waals surface area contributed by atoms with Gasteiger partial charge >= 0.3 is 0 Å². The van der Waals surface area contributed by atoms with Gasteiger partial charge < -0.3 is 10.6 Å². The van der Waals surface area contributed by atoms with Crippen molar-refractivity contribution in [3.63, 3.8) is 0 Å². The maximum absolute atomic E-state index is 12.5. The molecule has 3 heteroatoms. The molecule has 2 atom stereocenters. The fourth-order valence-corrected chi connectivity index (χ4v) is 3.72. The Labute approximate surface area is 105 Å². The van der Waals surface area contributed by atoms with Crippen LogP contribution in [-0.2, 0) is 4.79 Å². The summed E-state index contributed by atoms with van der Waals surface area (Å²) < 4.78 is 0. The second-order valence-corrected chi connectivity index (χ2v) is 5.58. The van der Waals surface area contributed by atoms with Crippen LogP contribution < -0.4 is 5.73 Å². The number of hydrogen-bond acceptors (Lipinski definition) is 2. The Balaban J connectivity index is 1.98. The summed E-state index contributed by atoms with van der Waals surface area (Å²) in [5, 5.41) is 0. The summed E-state index contributed by atoms with van der Waals surface area (Å²) in [6.45, 7) is 5.66. The van der Waals surface area contributed by atoms with E-state index in [0.29, 0.717) is 24.4 Å². The predicted octanol–water partition coefficient (Wildman–Crippen LogP) is 2.01. The van der Waals surface area contributed by atoms with Crippen molar-refractivity contribution in [1.29, 1.82) is 0 Å². The molecule has 0 aromatic heterocycles. The van der Waals surface area contributed by atoms with Crippen LogP contribution in [0.3, 0.4) is 0 Å². The van der Waals surface area contributed by atoms with Gasteiger partial charge in [-0.05, 0) is 37.5 Å². The van der Waals surface area contributed by atoms with Gasteiger partial charge in [0.15, 0.2) is 0 Å². The summed E-state index contributed by atoms with van der Waals surface area (Å²) in [5.41, 5.74) is 5.66. The summed E-state index contributed by atoms with van der Waals surface area (Å²) in [6.07, 6.45) is 5.98. The average Bonchev–Trinajstić information content (AvgIpc) is 2.82. The first-order chi connectivity index (χ1) is 8.24. The lowest BCUT2D eigenvalue weighted by Crippen LogP contribution is -2.44. The molecule has 17 heavy (non-hydrogen) atoms. The third-order valence-corrected chi connectivity index (χ3v) is 4.73. The molecule has 0 aromatic rings. The second kappa shape index (κ2) is 5.38. The second-order valence-electron chi connectivity index (χ2n) is 5.58. The fourth-order valence-electron chi connectivity index (χ4n) is 3.72. The van der Waals surface area contributed by atoms with Gasteiger partial charge in [0, 0.05) is 25.0 Å². The highest BCUT2D eigenvalue weighted by Gasteiger charge is 2.57. The zero-order valence-electron chi connectivity index (χ0n) is 11.2. The number of fused-ring (bicyclic) bond motifs is 1. The van der Waals surface area contributed by atoms with Crippen molar-refractivity contribution in [1.82, 2.24) is 4.90 Å². The quantitative estimate of drug-likeness (QED) is 0.769. The third-order valence-electron chi connectivity index (χ3n) is 4.73. The van der Waals surface area contributed by atoms with Crippen LogP contribution in [0.25, 0.3) is 0 Å². The van der Waals surface area contributed by atoms with Crippen LogP contribution in [0.4, 0.5) is 0 Å². The van der Waals surface area contributed by atoms with E-state index >= 15 is 0 Å². The maximum atomic E-state index is 12.5. The van der Waals surface area contributed by atoms with Crippen molar-refractivity contribution in [3.05, 3.63) is 0 Å². The molecule has 0 heterocycles. The minimum atomic E-state index is 0.357. The molecule has 0 spiro atoms. The molecule has 2 unspecified atom stereocenters. The Bertz CT molecular complexity index is 265. The molecule has 2 N–H and O–H groups in total. The van der Waals surface area contributed by atoms with Gasteiger partial charge in [-0.1, -0.05) is 20.3 Å². The van der Waals surface area contributed by atoms with Gasteiger partial charge in [0.2, 0.25) is 5.91 Å². The standard InChI is InChI=1S/C14H26N2O/c1-3-10(4-2)16(9-8-15)14(17)13-11-6-5-7-12(11)13/h10-13H,3-9,15H2,1-2H3. The van der Waals surface area contributed by atoms with E-state index in [1.54, 1.807) is 0 Å². The number of carbonyl (C=O) groups excluding carboxylic acids is 1. The summed E-state index contributed by atoms with van der Waals surface area (Å²) in [5.74, 6) is 2.20. The van der Waals surface area contributed by atoms with E-state index in [1.807, 2.05) is 0 Å². The summed E-state index contributed by atoms with van der Waals surface area (Å²) in [7, 11) is 0. The van der Waals surface area contributed by atoms with E-state index in [-0.39, 0.29) is 0 Å². The van der Waals surface area contributed by atoms with E-state index in [2.05, 4.69) is 18.7 Å². The van der Waals surface area contributed by atoms with Crippen molar-refractivity contribution < 1.29 is 4.79 Å². The first-order valence-corrected chi connectivity index (χ1v) is 7.25. The number of hydrogen-bond donors (Lipinski definition) is 1. The molecule has 2 saturated carbocycles. The molecule has 0 aromatic carbocycles. The number of carbonyl (C=O) groups is 1. The summed E-state index contributed by atoms with van der Waals surface area (Å²) >= 11 is 0. The van der Waals surface area contributed by atoms with E-state index in [1.165, 1.54) is 19.3 Å². The molecule has 98 valence electrons. The van der Waals surface area contributed by atoms with Crippen LogP contribution >= 0.6 is 0 Å². The Morgan fingerprint density at radius 2 is 1.88 bits per heavy atom. The van der Waals surface area contributed by atoms with Gasteiger partial charge in [-0.2, -0.15) is 0 Å². The lowest BCUT2D eigenvalue weighted by atomic mass is 10.1. The van der Waals surface area contributed by atoms with E-state index in [0.717, 1.165) is 31.2 Å². The third kappa shape index (κ3) is 2.35. The van der Waals surface area contributed by atoms with Gasteiger partial charge in [-0.25, -0.2) is 0 Å². The zero-order chi connectivity index (χ0) is 12.4. The van der Waals surface area contributed by atoms with Crippen molar-refractivity contribution in [2.45, 2.75) is 52.0 Å². The van der Waals surface area contributed by atoms with Crippen molar-refractivity contribution in [2.24, 2.45) is 23.5 Å². The Kier molecular flexibility index (Phi) is 4.08. The molecule has 1 amide bonds.